The summed E-state index contributed by atoms with van der Waals surface area (Å²) in [7, 11) is -3.73. The molecule has 1 saturated carbocycles. The average Bonchev–Trinajstić information content (AvgIpc) is 3.29. The van der Waals surface area contributed by atoms with Gasteiger partial charge in [0, 0.05) is 31.5 Å². The molecule has 3 aliphatic rings. The van der Waals surface area contributed by atoms with E-state index in [0.29, 0.717) is 18.5 Å². The first-order chi connectivity index (χ1) is 13.8. The van der Waals surface area contributed by atoms with Gasteiger partial charge in [-0.2, -0.15) is 0 Å². The molecule has 0 aromatic heterocycles. The molecule has 9 nitrogen and oxygen atoms in total. The van der Waals surface area contributed by atoms with E-state index in [4.69, 9.17) is 5.14 Å². The maximum atomic E-state index is 12.6. The maximum Gasteiger partial charge on any atom is 0.238 e. The standard InChI is InChI=1S/C19H27N5O4S/c20-29(27,28)14-7-5-12(6-8-14)10-21-19(26)13-9-17(25)24(11-13)18-15-3-1-2-4-16(15)22-23-18/h5-8,13,15-16,18,22-23H,1-4,9-11H2,(H,21,26)(H2,20,27,28). The van der Waals surface area contributed by atoms with E-state index in [1.54, 1.807) is 12.1 Å². The SMILES string of the molecule is NS(=O)(=O)c1ccc(CNC(=O)C2CC(=O)N(C3NNC4CCCCC43)C2)cc1. The number of nitrogens with one attached hydrogen (secondary N) is 3. The average molecular weight is 422 g/mol. The summed E-state index contributed by atoms with van der Waals surface area (Å²) in [5.74, 6) is -0.141. The van der Waals surface area contributed by atoms with Crippen LogP contribution in [0.5, 0.6) is 0 Å². The Morgan fingerprint density at radius 1 is 1.17 bits per heavy atom. The number of nitrogens with two attached hydrogens (primary N) is 1. The molecule has 4 atom stereocenters. The Labute approximate surface area is 170 Å². The Balaban J connectivity index is 1.32. The van der Waals surface area contributed by atoms with Crippen LogP contribution in [0.25, 0.3) is 0 Å². The third-order valence-corrected chi connectivity index (χ3v) is 7.15. The van der Waals surface area contributed by atoms with Gasteiger partial charge in [0.1, 0.15) is 0 Å². The number of fused-ring (bicyclic) bond motifs is 1. The minimum atomic E-state index is -3.73. The molecule has 2 heterocycles. The number of sulfonamides is 1. The fourth-order valence-corrected chi connectivity index (χ4v) is 5.15. The first kappa shape index (κ1) is 20.3. The van der Waals surface area contributed by atoms with Crippen molar-refractivity contribution in [3.8, 4) is 0 Å². The van der Waals surface area contributed by atoms with Gasteiger partial charge >= 0.3 is 0 Å². The highest BCUT2D eigenvalue weighted by Crippen LogP contribution is 2.34. The first-order valence-electron chi connectivity index (χ1n) is 10.0. The first-order valence-corrected chi connectivity index (χ1v) is 11.6. The number of likely N-dealkylation sites (tertiary alicyclic amines) is 1. The fraction of sp³-hybridized carbons (Fsp3) is 0.579. The lowest BCUT2D eigenvalue weighted by atomic mass is 9.84. The van der Waals surface area contributed by atoms with Crippen molar-refractivity contribution in [2.45, 2.75) is 55.8 Å². The van der Waals surface area contributed by atoms with E-state index in [1.807, 2.05) is 4.90 Å². The van der Waals surface area contributed by atoms with Crippen molar-refractivity contribution in [2.75, 3.05) is 6.54 Å². The van der Waals surface area contributed by atoms with Gasteiger partial charge in [-0.05, 0) is 30.5 Å². The van der Waals surface area contributed by atoms with Crippen molar-refractivity contribution >= 4 is 21.8 Å². The lowest BCUT2D eigenvalue weighted by Gasteiger charge is -2.32. The Kier molecular flexibility index (Phi) is 5.60. The third-order valence-electron chi connectivity index (χ3n) is 6.23. The molecule has 2 amide bonds. The van der Waals surface area contributed by atoms with Crippen molar-refractivity contribution in [1.29, 1.82) is 0 Å². The van der Waals surface area contributed by atoms with Crippen molar-refractivity contribution in [1.82, 2.24) is 21.1 Å². The monoisotopic (exact) mass is 421 g/mol. The van der Waals surface area contributed by atoms with E-state index in [9.17, 15) is 18.0 Å². The van der Waals surface area contributed by atoms with Gasteiger partial charge in [0.05, 0.1) is 17.0 Å². The number of nitrogens with zero attached hydrogens (tertiary/aromatic N) is 1. The summed E-state index contributed by atoms with van der Waals surface area (Å²) >= 11 is 0. The predicted molar refractivity (Wildman–Crippen MR) is 105 cm³/mol. The molecule has 10 heteroatoms. The van der Waals surface area contributed by atoms with Gasteiger partial charge < -0.3 is 10.2 Å². The van der Waals surface area contributed by atoms with Crippen LogP contribution in [-0.2, 0) is 26.2 Å². The van der Waals surface area contributed by atoms with Crippen LogP contribution in [0, 0.1) is 11.8 Å². The zero-order valence-electron chi connectivity index (χ0n) is 16.1. The van der Waals surface area contributed by atoms with Crippen molar-refractivity contribution in [3.63, 3.8) is 0 Å². The molecule has 1 aliphatic carbocycles. The second-order valence-electron chi connectivity index (χ2n) is 8.14. The molecular formula is C19H27N5O4S. The molecule has 29 heavy (non-hydrogen) atoms. The lowest BCUT2D eigenvalue weighted by molar-refractivity contribution is -0.131. The Morgan fingerprint density at radius 2 is 1.90 bits per heavy atom. The molecule has 2 aliphatic heterocycles. The normalized spacial score (nSPS) is 29.7. The third kappa shape index (κ3) is 4.30. The van der Waals surface area contributed by atoms with Gasteiger partial charge in [-0.1, -0.05) is 25.0 Å². The second-order valence-corrected chi connectivity index (χ2v) is 9.70. The second kappa shape index (κ2) is 8.02. The number of amides is 2. The van der Waals surface area contributed by atoms with E-state index in [2.05, 4.69) is 16.2 Å². The zero-order valence-corrected chi connectivity index (χ0v) is 17.0. The molecule has 5 N–H and O–H groups in total. The number of rotatable bonds is 5. The van der Waals surface area contributed by atoms with Crippen molar-refractivity contribution < 1.29 is 18.0 Å². The van der Waals surface area contributed by atoms with Crippen LogP contribution in [0.2, 0.25) is 0 Å². The molecule has 158 valence electrons. The minimum absolute atomic E-state index is 0.00757. The van der Waals surface area contributed by atoms with Crippen LogP contribution in [0.4, 0.5) is 0 Å². The highest BCUT2D eigenvalue weighted by atomic mass is 32.2. The van der Waals surface area contributed by atoms with Crippen LogP contribution >= 0.6 is 0 Å². The van der Waals surface area contributed by atoms with Gasteiger partial charge in [0.2, 0.25) is 21.8 Å². The Hall–Kier alpha value is -2.01. The number of carbonyl (C=O) groups is 2. The summed E-state index contributed by atoms with van der Waals surface area (Å²) in [5.41, 5.74) is 7.35. The number of benzene rings is 1. The molecule has 1 aromatic carbocycles. The van der Waals surface area contributed by atoms with E-state index in [1.165, 1.54) is 25.0 Å². The van der Waals surface area contributed by atoms with E-state index in [0.717, 1.165) is 18.4 Å². The summed E-state index contributed by atoms with van der Waals surface area (Å²) in [6.45, 7) is 0.681. The Morgan fingerprint density at radius 3 is 2.62 bits per heavy atom. The number of carbonyl (C=O) groups excluding carboxylic acids is 2. The molecule has 0 spiro atoms. The topological polar surface area (TPSA) is 134 Å². The van der Waals surface area contributed by atoms with Crippen molar-refractivity contribution in [2.24, 2.45) is 17.0 Å². The summed E-state index contributed by atoms with van der Waals surface area (Å²) in [6.07, 6.45) is 4.76. The molecule has 3 fully saturated rings. The van der Waals surface area contributed by atoms with Gasteiger partial charge in [0.15, 0.2) is 0 Å². The number of hydrogen-bond donors (Lipinski definition) is 4. The van der Waals surface area contributed by atoms with Crippen LogP contribution in [0.1, 0.15) is 37.7 Å². The molecule has 4 unspecified atom stereocenters. The summed E-state index contributed by atoms with van der Waals surface area (Å²) in [5, 5.41) is 7.94. The van der Waals surface area contributed by atoms with E-state index < -0.39 is 10.0 Å². The minimum Gasteiger partial charge on any atom is -0.352 e. The summed E-state index contributed by atoms with van der Waals surface area (Å²) in [6, 6.07) is 6.45. The fourth-order valence-electron chi connectivity index (χ4n) is 4.63. The molecular weight excluding hydrogens is 394 g/mol. The summed E-state index contributed by atoms with van der Waals surface area (Å²) in [4.78, 5) is 27.0. The molecule has 0 radical (unpaired) electrons. The maximum absolute atomic E-state index is 12.6. The van der Waals surface area contributed by atoms with Gasteiger partial charge in [-0.15, -0.1) is 0 Å². The van der Waals surface area contributed by atoms with Gasteiger partial charge in [0.25, 0.3) is 0 Å². The van der Waals surface area contributed by atoms with Crippen LogP contribution in [-0.4, -0.2) is 43.9 Å². The van der Waals surface area contributed by atoms with E-state index in [-0.39, 0.29) is 41.8 Å². The molecule has 1 aromatic rings. The summed E-state index contributed by atoms with van der Waals surface area (Å²) < 4.78 is 22.6. The van der Waals surface area contributed by atoms with E-state index >= 15 is 0 Å². The van der Waals surface area contributed by atoms with Crippen LogP contribution < -0.4 is 21.3 Å². The quantitative estimate of drug-likeness (QED) is 0.520. The van der Waals surface area contributed by atoms with Gasteiger partial charge in [-0.25, -0.2) is 19.0 Å². The lowest BCUT2D eigenvalue weighted by Crippen LogP contribution is -2.48. The zero-order chi connectivity index (χ0) is 20.6. The number of hydrazine groups is 1. The van der Waals surface area contributed by atoms with Crippen LogP contribution in [0.3, 0.4) is 0 Å². The number of primary sulfonamides is 1. The Bertz CT molecular complexity index is 888. The van der Waals surface area contributed by atoms with Gasteiger partial charge in [-0.3, -0.25) is 15.0 Å². The molecule has 4 rings (SSSR count). The largest absolute Gasteiger partial charge is 0.352 e. The smallest absolute Gasteiger partial charge is 0.238 e. The van der Waals surface area contributed by atoms with Crippen molar-refractivity contribution in [3.05, 3.63) is 29.8 Å². The van der Waals surface area contributed by atoms with Crippen LogP contribution in [0.15, 0.2) is 29.2 Å². The number of hydrogen-bond acceptors (Lipinski definition) is 6. The predicted octanol–water partition coefficient (Wildman–Crippen LogP) is -0.209. The molecule has 2 saturated heterocycles. The molecule has 0 bridgehead atoms. The highest BCUT2D eigenvalue weighted by molar-refractivity contribution is 7.89. The highest BCUT2D eigenvalue weighted by Gasteiger charge is 2.46.